The number of aromatic nitrogens is 2. The lowest BCUT2D eigenvalue weighted by Gasteiger charge is -2.30. The molecule has 1 aliphatic rings. The van der Waals surface area contributed by atoms with Crippen molar-refractivity contribution in [2.45, 2.75) is 6.54 Å². The number of ether oxygens (including phenoxy) is 1. The Morgan fingerprint density at radius 3 is 2.70 bits per heavy atom. The molecule has 1 aliphatic heterocycles. The highest BCUT2D eigenvalue weighted by molar-refractivity contribution is 5.77. The predicted octanol–water partition coefficient (Wildman–Crippen LogP) is 3.01. The van der Waals surface area contributed by atoms with Gasteiger partial charge in [0.1, 0.15) is 0 Å². The minimum Gasteiger partial charge on any atom is -0.378 e. The van der Waals surface area contributed by atoms with Gasteiger partial charge in [0.25, 0.3) is 0 Å². The molecule has 0 amide bonds. The number of nitrogens with one attached hydrogen (secondary N) is 2. The minimum atomic E-state index is 0.743. The number of para-hydroxylation sites is 3. The van der Waals surface area contributed by atoms with Gasteiger partial charge in [0.05, 0.1) is 24.2 Å². The van der Waals surface area contributed by atoms with Crippen LogP contribution in [0.5, 0.6) is 0 Å². The lowest BCUT2D eigenvalue weighted by Crippen LogP contribution is -2.36. The van der Waals surface area contributed by atoms with Crippen molar-refractivity contribution in [3.63, 3.8) is 0 Å². The van der Waals surface area contributed by atoms with Gasteiger partial charge in [0.15, 0.2) is 0 Å². The van der Waals surface area contributed by atoms with Crippen LogP contribution in [0.3, 0.4) is 0 Å². The summed E-state index contributed by atoms with van der Waals surface area (Å²) in [6, 6.07) is 16.6. The van der Waals surface area contributed by atoms with E-state index >= 15 is 0 Å². The standard InChI is InChI=1S/C18H20N4O/c1-4-8-17(22-9-11-23-12-10-22)14(5-1)13-19-18-20-15-6-2-3-7-16(15)21-18/h1-8H,9-13H2,(H2,19,20,21). The largest absolute Gasteiger partial charge is 0.378 e. The third-order valence-electron chi connectivity index (χ3n) is 4.18. The average Bonchev–Trinajstić information content (AvgIpc) is 3.04. The van der Waals surface area contributed by atoms with Gasteiger partial charge in [0, 0.05) is 25.3 Å². The molecule has 0 bridgehead atoms. The number of nitrogens with zero attached hydrogens (tertiary/aromatic N) is 2. The van der Waals surface area contributed by atoms with Crippen LogP contribution in [0.15, 0.2) is 48.5 Å². The number of morpholine rings is 1. The maximum Gasteiger partial charge on any atom is 0.201 e. The van der Waals surface area contributed by atoms with E-state index in [-0.39, 0.29) is 0 Å². The number of rotatable bonds is 4. The maximum atomic E-state index is 5.45. The van der Waals surface area contributed by atoms with Gasteiger partial charge in [-0.05, 0) is 23.8 Å². The predicted molar refractivity (Wildman–Crippen MR) is 92.9 cm³/mol. The molecule has 3 aromatic rings. The third kappa shape index (κ3) is 3.00. The Balaban J connectivity index is 1.52. The van der Waals surface area contributed by atoms with Crippen molar-refractivity contribution in [3.05, 3.63) is 54.1 Å². The molecule has 1 fully saturated rings. The third-order valence-corrected chi connectivity index (χ3v) is 4.18. The van der Waals surface area contributed by atoms with Crippen LogP contribution in [0.1, 0.15) is 5.56 Å². The number of benzene rings is 2. The molecule has 2 N–H and O–H groups in total. The molecule has 4 rings (SSSR count). The van der Waals surface area contributed by atoms with Crippen molar-refractivity contribution in [2.75, 3.05) is 36.5 Å². The number of hydrogen-bond acceptors (Lipinski definition) is 4. The summed E-state index contributed by atoms with van der Waals surface area (Å²) in [4.78, 5) is 10.3. The lowest BCUT2D eigenvalue weighted by molar-refractivity contribution is 0.122. The van der Waals surface area contributed by atoms with Crippen molar-refractivity contribution in [2.24, 2.45) is 0 Å². The monoisotopic (exact) mass is 308 g/mol. The molecule has 0 spiro atoms. The molecule has 0 unspecified atom stereocenters. The van der Waals surface area contributed by atoms with E-state index < -0.39 is 0 Å². The Hall–Kier alpha value is -2.53. The van der Waals surface area contributed by atoms with E-state index in [1.165, 1.54) is 11.3 Å². The summed E-state index contributed by atoms with van der Waals surface area (Å²) < 4.78 is 5.45. The fourth-order valence-corrected chi connectivity index (χ4v) is 2.99. The van der Waals surface area contributed by atoms with E-state index in [1.54, 1.807) is 0 Å². The molecule has 2 aromatic carbocycles. The fourth-order valence-electron chi connectivity index (χ4n) is 2.99. The van der Waals surface area contributed by atoms with Crippen molar-refractivity contribution >= 4 is 22.7 Å². The first-order chi connectivity index (χ1) is 11.4. The first-order valence-electron chi connectivity index (χ1n) is 7.99. The smallest absolute Gasteiger partial charge is 0.201 e. The van der Waals surface area contributed by atoms with Crippen LogP contribution >= 0.6 is 0 Å². The Labute approximate surface area is 135 Å². The molecule has 0 saturated carbocycles. The second-order valence-corrected chi connectivity index (χ2v) is 5.68. The number of aromatic amines is 1. The fraction of sp³-hybridized carbons (Fsp3) is 0.278. The Bertz CT molecular complexity index is 759. The number of H-pyrrole nitrogens is 1. The van der Waals surface area contributed by atoms with Gasteiger partial charge < -0.3 is 19.9 Å². The van der Waals surface area contributed by atoms with Crippen molar-refractivity contribution in [3.8, 4) is 0 Å². The molecular weight excluding hydrogens is 288 g/mol. The van der Waals surface area contributed by atoms with E-state index in [0.29, 0.717) is 0 Å². The highest BCUT2D eigenvalue weighted by Gasteiger charge is 2.14. The van der Waals surface area contributed by atoms with Crippen LogP contribution in [-0.4, -0.2) is 36.3 Å². The highest BCUT2D eigenvalue weighted by Crippen LogP contribution is 2.22. The summed E-state index contributed by atoms with van der Waals surface area (Å²) in [7, 11) is 0. The first kappa shape index (κ1) is 14.1. The van der Waals surface area contributed by atoms with E-state index in [1.807, 2.05) is 24.3 Å². The minimum absolute atomic E-state index is 0.743. The van der Waals surface area contributed by atoms with Gasteiger partial charge in [-0.2, -0.15) is 0 Å². The summed E-state index contributed by atoms with van der Waals surface area (Å²) in [5.41, 5.74) is 4.59. The number of imidazole rings is 1. The molecule has 2 heterocycles. The summed E-state index contributed by atoms with van der Waals surface area (Å²) in [5.74, 6) is 0.808. The summed E-state index contributed by atoms with van der Waals surface area (Å²) in [5, 5.41) is 3.41. The van der Waals surface area contributed by atoms with Crippen molar-refractivity contribution < 1.29 is 4.74 Å². The zero-order valence-electron chi connectivity index (χ0n) is 13.0. The molecule has 0 aliphatic carbocycles. The molecule has 5 nitrogen and oxygen atoms in total. The Kier molecular flexibility index (Phi) is 3.86. The van der Waals surface area contributed by atoms with Crippen LogP contribution in [0.25, 0.3) is 11.0 Å². The van der Waals surface area contributed by atoms with Gasteiger partial charge in [-0.3, -0.25) is 0 Å². The van der Waals surface area contributed by atoms with Crippen LogP contribution in [-0.2, 0) is 11.3 Å². The number of anilines is 2. The van der Waals surface area contributed by atoms with E-state index in [9.17, 15) is 0 Å². The van der Waals surface area contributed by atoms with Gasteiger partial charge in [0.2, 0.25) is 5.95 Å². The van der Waals surface area contributed by atoms with Gasteiger partial charge in [-0.1, -0.05) is 30.3 Å². The Morgan fingerprint density at radius 2 is 1.83 bits per heavy atom. The molecule has 0 radical (unpaired) electrons. The Morgan fingerprint density at radius 1 is 1.04 bits per heavy atom. The SMILES string of the molecule is c1ccc(N2CCOCC2)c(CNc2nc3ccccc3[nH]2)c1. The molecule has 0 atom stereocenters. The number of fused-ring (bicyclic) bond motifs is 1. The van der Waals surface area contributed by atoms with Crippen LogP contribution in [0.2, 0.25) is 0 Å². The van der Waals surface area contributed by atoms with Gasteiger partial charge in [-0.25, -0.2) is 4.98 Å². The summed E-state index contributed by atoms with van der Waals surface area (Å²) in [6.07, 6.45) is 0. The summed E-state index contributed by atoms with van der Waals surface area (Å²) >= 11 is 0. The van der Waals surface area contributed by atoms with Gasteiger partial charge in [-0.15, -0.1) is 0 Å². The second-order valence-electron chi connectivity index (χ2n) is 5.68. The number of hydrogen-bond donors (Lipinski definition) is 2. The van der Waals surface area contributed by atoms with E-state index in [2.05, 4.69) is 44.5 Å². The molecular formula is C18H20N4O. The zero-order valence-corrected chi connectivity index (χ0v) is 13.0. The van der Waals surface area contributed by atoms with Crippen LogP contribution < -0.4 is 10.2 Å². The average molecular weight is 308 g/mol. The van der Waals surface area contributed by atoms with Gasteiger partial charge >= 0.3 is 0 Å². The highest BCUT2D eigenvalue weighted by atomic mass is 16.5. The molecule has 118 valence electrons. The maximum absolute atomic E-state index is 5.45. The van der Waals surface area contributed by atoms with E-state index in [4.69, 9.17) is 4.74 Å². The lowest BCUT2D eigenvalue weighted by atomic mass is 10.1. The van der Waals surface area contributed by atoms with E-state index in [0.717, 1.165) is 49.8 Å². The second kappa shape index (κ2) is 6.30. The van der Waals surface area contributed by atoms with Crippen molar-refractivity contribution in [1.29, 1.82) is 0 Å². The quantitative estimate of drug-likeness (QED) is 0.778. The first-order valence-corrected chi connectivity index (χ1v) is 7.99. The topological polar surface area (TPSA) is 53.2 Å². The summed E-state index contributed by atoms with van der Waals surface area (Å²) in [6.45, 7) is 4.23. The van der Waals surface area contributed by atoms with Crippen LogP contribution in [0.4, 0.5) is 11.6 Å². The van der Waals surface area contributed by atoms with Crippen LogP contribution in [0, 0.1) is 0 Å². The molecule has 5 heteroatoms. The molecule has 1 aromatic heterocycles. The molecule has 23 heavy (non-hydrogen) atoms. The normalized spacial score (nSPS) is 15.0. The van der Waals surface area contributed by atoms with Crippen molar-refractivity contribution in [1.82, 2.24) is 9.97 Å². The molecule has 1 saturated heterocycles. The zero-order chi connectivity index (χ0) is 15.5.